The van der Waals surface area contributed by atoms with Gasteiger partial charge in [0.1, 0.15) is 11.6 Å². The summed E-state index contributed by atoms with van der Waals surface area (Å²) in [7, 11) is 0. The van der Waals surface area contributed by atoms with Gasteiger partial charge in [-0.05, 0) is 73.2 Å². The van der Waals surface area contributed by atoms with Crippen LogP contribution >= 0.6 is 0 Å². The lowest BCUT2D eigenvalue weighted by Gasteiger charge is -2.35. The van der Waals surface area contributed by atoms with Crippen molar-refractivity contribution in [1.82, 2.24) is 14.7 Å². The number of carbonyl (C=O) groups excluding carboxylic acids is 1. The van der Waals surface area contributed by atoms with Gasteiger partial charge in [-0.15, -0.1) is 0 Å². The Bertz CT molecular complexity index is 1410. The Balaban J connectivity index is 1.48. The van der Waals surface area contributed by atoms with Crippen molar-refractivity contribution in [1.29, 1.82) is 0 Å². The van der Waals surface area contributed by atoms with Gasteiger partial charge < -0.3 is 14.7 Å². The maximum atomic E-state index is 14.3. The number of hydrogen-bond donors (Lipinski definition) is 1. The van der Waals surface area contributed by atoms with Crippen LogP contribution in [0.1, 0.15) is 68.6 Å². The molecular weight excluding hydrogens is 547 g/mol. The lowest BCUT2D eigenvalue weighted by atomic mass is 9.83. The number of amides is 1. The molecule has 1 saturated heterocycles. The number of hydrogen-bond acceptors (Lipinski definition) is 5. The van der Waals surface area contributed by atoms with E-state index in [-0.39, 0.29) is 36.3 Å². The second kappa shape index (κ2) is 13.7. The van der Waals surface area contributed by atoms with E-state index < -0.39 is 11.9 Å². The Labute approximate surface area is 253 Å². The minimum Gasteiger partial charge on any atom is -0.493 e. The van der Waals surface area contributed by atoms with Crippen molar-refractivity contribution < 1.29 is 23.8 Å². The molecule has 0 spiro atoms. The van der Waals surface area contributed by atoms with Crippen LogP contribution in [0.15, 0.2) is 54.9 Å². The van der Waals surface area contributed by atoms with Gasteiger partial charge in [-0.25, -0.2) is 4.39 Å². The van der Waals surface area contributed by atoms with Crippen molar-refractivity contribution in [3.63, 3.8) is 0 Å². The second-order valence-corrected chi connectivity index (χ2v) is 11.9. The van der Waals surface area contributed by atoms with Crippen LogP contribution in [0.3, 0.4) is 0 Å². The largest absolute Gasteiger partial charge is 0.493 e. The maximum Gasteiger partial charge on any atom is 0.308 e. The quantitative estimate of drug-likeness (QED) is 0.270. The molecular formula is C34H43FN4O4. The van der Waals surface area contributed by atoms with Gasteiger partial charge >= 0.3 is 5.97 Å². The molecule has 3 heterocycles. The molecule has 1 amide bonds. The third-order valence-electron chi connectivity index (χ3n) is 9.02. The molecule has 0 radical (unpaired) electrons. The van der Waals surface area contributed by atoms with Gasteiger partial charge in [-0.1, -0.05) is 38.8 Å². The molecule has 43 heavy (non-hydrogen) atoms. The number of likely N-dealkylation sites (tertiary alicyclic amines) is 1. The molecule has 0 aliphatic carbocycles. The first-order chi connectivity index (χ1) is 20.8. The number of carbonyl (C=O) groups is 2. The molecule has 2 aromatic carbocycles. The van der Waals surface area contributed by atoms with E-state index in [1.54, 1.807) is 25.3 Å². The summed E-state index contributed by atoms with van der Waals surface area (Å²) in [5.74, 6) is -1.35. The van der Waals surface area contributed by atoms with Crippen LogP contribution in [-0.4, -0.2) is 63.4 Å². The fourth-order valence-corrected chi connectivity index (χ4v) is 6.98. The first-order valence-corrected chi connectivity index (χ1v) is 15.6. The SMILES string of the molecule is CCCC(CCC)N(C(=O)CN1CC(c2ccc3c(c2)CCO3)C(C(=O)O)C1CCn1cccn1)c1ccc(F)c(C)c1. The highest BCUT2D eigenvalue weighted by Gasteiger charge is 2.47. The fourth-order valence-electron chi connectivity index (χ4n) is 6.98. The van der Waals surface area contributed by atoms with Gasteiger partial charge in [0.25, 0.3) is 0 Å². The fraction of sp³-hybridized carbons (Fsp3) is 0.500. The monoisotopic (exact) mass is 590 g/mol. The Morgan fingerprint density at radius 1 is 1.16 bits per heavy atom. The number of ether oxygens (including phenoxy) is 1. The van der Waals surface area contributed by atoms with E-state index in [4.69, 9.17) is 4.74 Å². The Kier molecular flexibility index (Phi) is 9.80. The molecule has 1 aromatic heterocycles. The number of halogens is 1. The summed E-state index contributed by atoms with van der Waals surface area (Å²) in [6.45, 7) is 7.65. The average molecular weight is 591 g/mol. The summed E-state index contributed by atoms with van der Waals surface area (Å²) in [6, 6.07) is 12.3. The van der Waals surface area contributed by atoms with E-state index in [1.165, 1.54) is 6.07 Å². The minimum atomic E-state index is -0.858. The molecule has 2 aliphatic rings. The predicted molar refractivity (Wildman–Crippen MR) is 164 cm³/mol. The van der Waals surface area contributed by atoms with Crippen LogP contribution in [0.5, 0.6) is 5.75 Å². The van der Waals surface area contributed by atoms with Gasteiger partial charge in [-0.3, -0.25) is 19.2 Å². The van der Waals surface area contributed by atoms with Crippen LogP contribution in [0.2, 0.25) is 0 Å². The molecule has 0 bridgehead atoms. The smallest absolute Gasteiger partial charge is 0.308 e. The number of aliphatic carboxylic acids is 1. The summed E-state index contributed by atoms with van der Waals surface area (Å²) in [5, 5.41) is 14.9. The number of carboxylic acids is 1. The summed E-state index contributed by atoms with van der Waals surface area (Å²) < 4.78 is 21.8. The van der Waals surface area contributed by atoms with Crippen LogP contribution in [0, 0.1) is 18.7 Å². The second-order valence-electron chi connectivity index (χ2n) is 11.9. The Morgan fingerprint density at radius 3 is 2.63 bits per heavy atom. The molecule has 2 aliphatic heterocycles. The van der Waals surface area contributed by atoms with E-state index >= 15 is 0 Å². The van der Waals surface area contributed by atoms with Gasteiger partial charge in [0.2, 0.25) is 5.91 Å². The lowest BCUT2D eigenvalue weighted by Crippen LogP contribution is -2.48. The first-order valence-electron chi connectivity index (χ1n) is 15.6. The van der Waals surface area contributed by atoms with E-state index in [0.29, 0.717) is 37.4 Å². The van der Waals surface area contributed by atoms with Crippen molar-refractivity contribution in [3.05, 3.63) is 77.4 Å². The van der Waals surface area contributed by atoms with Gasteiger partial charge in [-0.2, -0.15) is 5.10 Å². The highest BCUT2D eigenvalue weighted by Crippen LogP contribution is 2.41. The summed E-state index contributed by atoms with van der Waals surface area (Å²) in [6.07, 6.45) is 8.42. The van der Waals surface area contributed by atoms with E-state index in [1.807, 2.05) is 34.0 Å². The van der Waals surface area contributed by atoms with Crippen LogP contribution in [-0.2, 0) is 22.6 Å². The van der Waals surface area contributed by atoms with Crippen LogP contribution in [0.4, 0.5) is 10.1 Å². The van der Waals surface area contributed by atoms with Crippen molar-refractivity contribution >= 4 is 17.6 Å². The number of fused-ring (bicyclic) bond motifs is 1. The summed E-state index contributed by atoms with van der Waals surface area (Å²) >= 11 is 0. The van der Waals surface area contributed by atoms with Crippen LogP contribution < -0.4 is 9.64 Å². The number of benzene rings is 2. The number of nitrogens with zero attached hydrogens (tertiary/aromatic N) is 4. The van der Waals surface area contributed by atoms with Crippen molar-refractivity contribution in [2.75, 3.05) is 24.6 Å². The number of aryl methyl sites for hydroxylation is 2. The Morgan fingerprint density at radius 2 is 1.95 bits per heavy atom. The molecule has 1 N–H and O–H groups in total. The van der Waals surface area contributed by atoms with Crippen molar-refractivity contribution in [2.45, 2.75) is 83.8 Å². The zero-order valence-electron chi connectivity index (χ0n) is 25.4. The van der Waals surface area contributed by atoms with Gasteiger partial charge in [0, 0.05) is 55.6 Å². The number of aromatic nitrogens is 2. The molecule has 0 saturated carbocycles. The molecule has 1 fully saturated rings. The molecule has 5 rings (SSSR count). The zero-order valence-corrected chi connectivity index (χ0v) is 25.4. The molecule has 3 unspecified atom stereocenters. The number of rotatable bonds is 13. The minimum absolute atomic E-state index is 0.0275. The number of anilines is 1. The normalized spacial score (nSPS) is 19.9. The Hall–Kier alpha value is -3.72. The molecule has 3 atom stereocenters. The van der Waals surface area contributed by atoms with Crippen molar-refractivity contribution in [3.8, 4) is 5.75 Å². The van der Waals surface area contributed by atoms with Gasteiger partial charge in [0.05, 0.1) is 19.1 Å². The first kappa shape index (κ1) is 30.7. The van der Waals surface area contributed by atoms with Gasteiger partial charge in [0.15, 0.2) is 0 Å². The third kappa shape index (κ3) is 6.77. The van der Waals surface area contributed by atoms with E-state index in [2.05, 4.69) is 29.9 Å². The molecule has 8 nitrogen and oxygen atoms in total. The van der Waals surface area contributed by atoms with E-state index in [0.717, 1.165) is 49.0 Å². The molecule has 9 heteroatoms. The third-order valence-corrected chi connectivity index (χ3v) is 9.02. The molecule has 3 aromatic rings. The highest BCUT2D eigenvalue weighted by molar-refractivity contribution is 5.95. The lowest BCUT2D eigenvalue weighted by molar-refractivity contribution is -0.143. The topological polar surface area (TPSA) is 87.9 Å². The predicted octanol–water partition coefficient (Wildman–Crippen LogP) is 5.83. The average Bonchev–Trinajstić information content (AvgIpc) is 3.74. The maximum absolute atomic E-state index is 14.3. The zero-order chi connectivity index (χ0) is 30.5. The van der Waals surface area contributed by atoms with E-state index in [9.17, 15) is 19.1 Å². The summed E-state index contributed by atoms with van der Waals surface area (Å²) in [5.41, 5.74) is 3.25. The van der Waals surface area contributed by atoms with Crippen LogP contribution in [0.25, 0.3) is 0 Å². The molecule has 230 valence electrons. The highest BCUT2D eigenvalue weighted by atomic mass is 19.1. The standard InChI is InChI=1S/C34H43FN4O4/c1-4-7-26(8-5-2)39(27-10-11-29(35)23(3)19-27)32(40)22-37-21-28(24-9-12-31-25(20-24)14-18-43-31)33(34(41)42)30(37)13-17-38-16-6-15-36-38/h6,9-12,15-16,19-20,26,28,30,33H,4-5,7-8,13-14,17-18,21-22H2,1-3H3,(H,41,42). The summed E-state index contributed by atoms with van der Waals surface area (Å²) in [4.78, 5) is 31.2. The number of carboxylic acid groups (broad SMARTS) is 1. The van der Waals surface area contributed by atoms with Crippen molar-refractivity contribution in [2.24, 2.45) is 5.92 Å².